The number of ether oxygens (including phenoxy) is 1. The molecule has 0 unspecified atom stereocenters. The number of Topliss-reactive ketones (excluding diaryl/α,β-unsaturated/α-hetero) is 1. The van der Waals surface area contributed by atoms with E-state index in [2.05, 4.69) is 9.99 Å². The van der Waals surface area contributed by atoms with Crippen molar-refractivity contribution in [1.82, 2.24) is 0 Å². The van der Waals surface area contributed by atoms with Crippen LogP contribution in [-0.2, 0) is 9.63 Å². The maximum atomic E-state index is 12.2. The van der Waals surface area contributed by atoms with Gasteiger partial charge in [-0.3, -0.25) is 4.79 Å². The van der Waals surface area contributed by atoms with E-state index >= 15 is 0 Å². The molecular formula is C19H20N2O4S. The highest BCUT2D eigenvalue weighted by atomic mass is 32.2. The molecule has 2 aromatic carbocycles. The number of carbonyl (C=O) groups excluding carboxylic acids is 2. The first-order valence-electron chi connectivity index (χ1n) is 7.97. The average molecular weight is 372 g/mol. The Morgan fingerprint density at radius 1 is 1.00 bits per heavy atom. The third kappa shape index (κ3) is 6.02. The Labute approximate surface area is 156 Å². The number of benzene rings is 2. The van der Waals surface area contributed by atoms with Crippen LogP contribution in [0.1, 0.15) is 24.2 Å². The van der Waals surface area contributed by atoms with Crippen molar-refractivity contribution in [3.8, 4) is 5.75 Å². The van der Waals surface area contributed by atoms with Crippen LogP contribution in [0.4, 0.5) is 0 Å². The molecule has 136 valence electrons. The van der Waals surface area contributed by atoms with Crippen molar-refractivity contribution in [1.29, 1.82) is 0 Å². The fourth-order valence-corrected chi connectivity index (χ4v) is 2.79. The van der Waals surface area contributed by atoms with Gasteiger partial charge >= 0.3 is 5.97 Å². The Morgan fingerprint density at radius 2 is 1.58 bits per heavy atom. The molecule has 2 N–H and O–H groups in total. The minimum atomic E-state index is -0.566. The number of hydrogen-bond donors (Lipinski definition) is 1. The van der Waals surface area contributed by atoms with Crippen molar-refractivity contribution in [2.75, 3.05) is 13.2 Å². The Kier molecular flexibility index (Phi) is 7.37. The summed E-state index contributed by atoms with van der Waals surface area (Å²) in [6.45, 7) is 3.70. The van der Waals surface area contributed by atoms with Crippen LogP contribution < -0.4 is 10.5 Å². The van der Waals surface area contributed by atoms with Gasteiger partial charge in [0.15, 0.2) is 0 Å². The molecule has 0 bridgehead atoms. The fourth-order valence-electron chi connectivity index (χ4n) is 1.97. The highest BCUT2D eigenvalue weighted by molar-refractivity contribution is 7.99. The summed E-state index contributed by atoms with van der Waals surface area (Å²) in [4.78, 5) is 29.5. The summed E-state index contributed by atoms with van der Waals surface area (Å²) in [6.07, 6.45) is 0. The van der Waals surface area contributed by atoms with Gasteiger partial charge in [-0.15, -0.1) is 0 Å². The first-order valence-corrected chi connectivity index (χ1v) is 8.79. The largest absolute Gasteiger partial charge is 0.492 e. The summed E-state index contributed by atoms with van der Waals surface area (Å²) < 4.78 is 5.45. The number of carbonyl (C=O) groups is 2. The molecule has 0 fully saturated rings. The van der Waals surface area contributed by atoms with Crippen molar-refractivity contribution in [2.45, 2.75) is 23.6 Å². The topological polar surface area (TPSA) is 91.0 Å². The van der Waals surface area contributed by atoms with Crippen LogP contribution in [0, 0.1) is 0 Å². The molecule has 0 aromatic heterocycles. The van der Waals surface area contributed by atoms with E-state index in [1.807, 2.05) is 36.4 Å². The van der Waals surface area contributed by atoms with Crippen LogP contribution in [0.5, 0.6) is 5.75 Å². The Balaban J connectivity index is 1.99. The molecule has 2 aromatic rings. The van der Waals surface area contributed by atoms with Crippen LogP contribution in [0.2, 0.25) is 0 Å². The van der Waals surface area contributed by atoms with E-state index in [0.29, 0.717) is 18.7 Å². The second-order valence-electron chi connectivity index (χ2n) is 5.32. The van der Waals surface area contributed by atoms with E-state index in [1.54, 1.807) is 23.9 Å². The molecule has 0 spiro atoms. The molecule has 6 nitrogen and oxygen atoms in total. The van der Waals surface area contributed by atoms with E-state index < -0.39 is 5.97 Å². The normalized spacial score (nSPS) is 11.1. The van der Waals surface area contributed by atoms with E-state index in [1.165, 1.54) is 13.8 Å². The van der Waals surface area contributed by atoms with Gasteiger partial charge in [0.1, 0.15) is 18.1 Å². The molecule has 0 heterocycles. The molecule has 0 saturated heterocycles. The minimum Gasteiger partial charge on any atom is -0.492 e. The maximum absolute atomic E-state index is 12.2. The second kappa shape index (κ2) is 9.74. The van der Waals surface area contributed by atoms with Gasteiger partial charge in [0.25, 0.3) is 0 Å². The monoisotopic (exact) mass is 372 g/mol. The van der Waals surface area contributed by atoms with E-state index in [9.17, 15) is 9.59 Å². The third-order valence-electron chi connectivity index (χ3n) is 3.20. The zero-order valence-electron chi connectivity index (χ0n) is 14.6. The minimum absolute atomic E-state index is 0.119. The van der Waals surface area contributed by atoms with Crippen molar-refractivity contribution >= 4 is 29.2 Å². The third-order valence-corrected chi connectivity index (χ3v) is 4.22. The Bertz CT molecular complexity index is 786. The van der Waals surface area contributed by atoms with Gasteiger partial charge in [-0.2, -0.15) is 0 Å². The quantitative estimate of drug-likeness (QED) is 0.331. The highest BCUT2D eigenvalue weighted by Crippen LogP contribution is 2.29. The Morgan fingerprint density at radius 3 is 2.12 bits per heavy atom. The molecule has 7 heteroatoms. The summed E-state index contributed by atoms with van der Waals surface area (Å²) in [5, 5.41) is 3.51. The van der Waals surface area contributed by atoms with Gasteiger partial charge in [0.2, 0.25) is 5.78 Å². The lowest BCUT2D eigenvalue weighted by Gasteiger charge is -2.06. The van der Waals surface area contributed by atoms with Crippen LogP contribution in [0.3, 0.4) is 0 Å². The molecule has 0 aliphatic carbocycles. The number of hydrogen-bond acceptors (Lipinski definition) is 7. The molecular weight excluding hydrogens is 352 g/mol. The van der Waals surface area contributed by atoms with E-state index in [-0.39, 0.29) is 11.5 Å². The molecule has 0 radical (unpaired) electrons. The van der Waals surface area contributed by atoms with Crippen molar-refractivity contribution in [3.05, 3.63) is 54.1 Å². The van der Waals surface area contributed by atoms with Crippen LogP contribution in [-0.4, -0.2) is 30.6 Å². The van der Waals surface area contributed by atoms with Gasteiger partial charge in [-0.1, -0.05) is 16.9 Å². The van der Waals surface area contributed by atoms with Gasteiger partial charge in [-0.05, 0) is 55.5 Å². The first kappa shape index (κ1) is 19.7. The van der Waals surface area contributed by atoms with Crippen molar-refractivity contribution < 1.29 is 19.2 Å². The molecule has 0 aliphatic heterocycles. The van der Waals surface area contributed by atoms with Gasteiger partial charge in [-0.25, -0.2) is 4.79 Å². The smallest absolute Gasteiger partial charge is 0.331 e. The predicted octanol–water partition coefficient (Wildman–Crippen LogP) is 3.30. The van der Waals surface area contributed by atoms with Crippen molar-refractivity contribution in [3.63, 3.8) is 0 Å². The number of nitrogens with two attached hydrogens (primary N) is 1. The molecule has 26 heavy (non-hydrogen) atoms. The Hall–Kier alpha value is -2.64. The average Bonchev–Trinajstić information content (AvgIpc) is 2.65. The number of ketones is 1. The highest BCUT2D eigenvalue weighted by Gasteiger charge is 2.11. The van der Waals surface area contributed by atoms with E-state index in [0.717, 1.165) is 15.5 Å². The molecule has 0 saturated carbocycles. The summed E-state index contributed by atoms with van der Waals surface area (Å²) in [6, 6.07) is 14.9. The molecule has 2 rings (SSSR count). The molecule has 0 amide bonds. The molecule has 0 aliphatic rings. The molecule has 0 atom stereocenters. The van der Waals surface area contributed by atoms with Gasteiger partial charge in [0, 0.05) is 28.8 Å². The van der Waals surface area contributed by atoms with Crippen LogP contribution in [0.25, 0.3) is 0 Å². The van der Waals surface area contributed by atoms with Gasteiger partial charge < -0.3 is 15.3 Å². The lowest BCUT2D eigenvalue weighted by atomic mass is 10.1. The second-order valence-corrected chi connectivity index (χ2v) is 6.47. The predicted molar refractivity (Wildman–Crippen MR) is 101 cm³/mol. The maximum Gasteiger partial charge on any atom is 0.331 e. The summed E-state index contributed by atoms with van der Waals surface area (Å²) >= 11 is 1.57. The summed E-state index contributed by atoms with van der Waals surface area (Å²) in [5.41, 5.74) is 6.01. The van der Waals surface area contributed by atoms with Crippen LogP contribution >= 0.6 is 11.8 Å². The number of rotatable bonds is 8. The lowest BCUT2D eigenvalue weighted by molar-refractivity contribution is -0.140. The first-order chi connectivity index (χ1) is 12.5. The lowest BCUT2D eigenvalue weighted by Crippen LogP contribution is -2.11. The number of nitrogens with zero attached hydrogens (tertiary/aromatic N) is 1. The van der Waals surface area contributed by atoms with Gasteiger partial charge in [0.05, 0.1) is 0 Å². The zero-order valence-corrected chi connectivity index (χ0v) is 15.4. The summed E-state index contributed by atoms with van der Waals surface area (Å²) in [5.74, 6) is -0.0733. The summed E-state index contributed by atoms with van der Waals surface area (Å²) in [7, 11) is 0. The van der Waals surface area contributed by atoms with E-state index in [4.69, 9.17) is 10.5 Å². The standard InChI is InChI=1S/C19H20N2O4S/c1-13(21-25-14(2)22)19(23)15-3-7-17(8-4-15)26-18-9-5-16(6-10-18)24-12-11-20/h3-10H,11-12,20H2,1-2H3/b21-13-. The zero-order chi connectivity index (χ0) is 18.9. The van der Waals surface area contributed by atoms with Crippen LogP contribution in [0.15, 0.2) is 63.5 Å². The van der Waals surface area contributed by atoms with Crippen molar-refractivity contribution in [2.24, 2.45) is 10.9 Å². The number of oxime groups is 1. The fraction of sp³-hybridized carbons (Fsp3) is 0.211. The SMILES string of the molecule is CC(=O)O/N=C(/C)C(=O)c1ccc(Sc2ccc(OCCN)cc2)cc1.